The van der Waals surface area contributed by atoms with Crippen molar-refractivity contribution in [2.24, 2.45) is 0 Å². The second-order valence-electron chi connectivity index (χ2n) is 5.30. The summed E-state index contributed by atoms with van der Waals surface area (Å²) < 4.78 is 27.5. The molecule has 1 fully saturated rings. The molecule has 0 spiro atoms. The van der Waals surface area contributed by atoms with Crippen molar-refractivity contribution in [3.8, 4) is 0 Å². The number of benzene rings is 1. The van der Waals surface area contributed by atoms with Crippen molar-refractivity contribution in [2.45, 2.75) is 43.5 Å². The Balaban J connectivity index is 2.29. The summed E-state index contributed by atoms with van der Waals surface area (Å²) in [5.74, 6) is 0. The number of para-hydroxylation sites is 1. The van der Waals surface area contributed by atoms with Gasteiger partial charge in [-0.25, -0.2) is 8.42 Å². The SMILES string of the molecule is CCNc1ccccc1S(=O)(=O)N1CCCC1CCCO. The summed E-state index contributed by atoms with van der Waals surface area (Å²) in [6, 6.07) is 7.07. The Morgan fingerprint density at radius 1 is 1.38 bits per heavy atom. The normalized spacial score (nSPS) is 19.8. The van der Waals surface area contributed by atoms with E-state index >= 15 is 0 Å². The van der Waals surface area contributed by atoms with E-state index in [0.717, 1.165) is 19.3 Å². The Kier molecular flexibility index (Phi) is 5.61. The van der Waals surface area contributed by atoms with E-state index in [1.165, 1.54) is 0 Å². The maximum atomic E-state index is 12.9. The van der Waals surface area contributed by atoms with E-state index in [9.17, 15) is 8.42 Å². The fraction of sp³-hybridized carbons (Fsp3) is 0.600. The molecule has 1 heterocycles. The lowest BCUT2D eigenvalue weighted by molar-refractivity contribution is 0.264. The molecule has 1 aromatic rings. The van der Waals surface area contributed by atoms with Gasteiger partial charge in [0.1, 0.15) is 4.90 Å². The number of hydrogen-bond acceptors (Lipinski definition) is 4. The van der Waals surface area contributed by atoms with Gasteiger partial charge in [0.25, 0.3) is 0 Å². The van der Waals surface area contributed by atoms with Crippen molar-refractivity contribution in [2.75, 3.05) is 25.0 Å². The van der Waals surface area contributed by atoms with Gasteiger partial charge >= 0.3 is 0 Å². The van der Waals surface area contributed by atoms with Gasteiger partial charge in [0, 0.05) is 25.7 Å². The molecule has 1 unspecified atom stereocenters. The summed E-state index contributed by atoms with van der Waals surface area (Å²) in [5.41, 5.74) is 0.660. The summed E-state index contributed by atoms with van der Waals surface area (Å²) in [6.45, 7) is 3.31. The van der Waals surface area contributed by atoms with Crippen molar-refractivity contribution in [1.29, 1.82) is 0 Å². The Labute approximate surface area is 127 Å². The van der Waals surface area contributed by atoms with Crippen LogP contribution in [-0.4, -0.2) is 43.6 Å². The van der Waals surface area contributed by atoms with E-state index in [-0.39, 0.29) is 12.6 Å². The van der Waals surface area contributed by atoms with Crippen molar-refractivity contribution >= 4 is 15.7 Å². The zero-order chi connectivity index (χ0) is 15.3. The minimum Gasteiger partial charge on any atom is -0.396 e. The summed E-state index contributed by atoms with van der Waals surface area (Å²) in [4.78, 5) is 0.350. The molecule has 0 radical (unpaired) electrons. The molecule has 1 aliphatic heterocycles. The molecule has 1 atom stereocenters. The van der Waals surface area contributed by atoms with E-state index in [4.69, 9.17) is 5.11 Å². The molecule has 118 valence electrons. The third kappa shape index (κ3) is 3.56. The van der Waals surface area contributed by atoms with Crippen LogP contribution in [0.25, 0.3) is 0 Å². The standard InChI is InChI=1S/C15H24N2O3S/c1-2-16-14-9-3-4-10-15(14)21(19,20)17-11-5-7-13(17)8-6-12-18/h3-4,9-10,13,16,18H,2,5-8,11-12H2,1H3. The third-order valence-electron chi connectivity index (χ3n) is 3.86. The molecule has 0 aliphatic carbocycles. The molecular formula is C15H24N2O3S. The van der Waals surface area contributed by atoms with Gasteiger partial charge in [0.15, 0.2) is 0 Å². The van der Waals surface area contributed by atoms with Gasteiger partial charge in [-0.2, -0.15) is 4.31 Å². The van der Waals surface area contributed by atoms with Crippen LogP contribution in [0, 0.1) is 0 Å². The number of rotatable bonds is 7. The predicted molar refractivity (Wildman–Crippen MR) is 83.8 cm³/mol. The molecule has 0 saturated carbocycles. The molecule has 1 aromatic carbocycles. The first-order chi connectivity index (χ1) is 10.1. The summed E-state index contributed by atoms with van der Waals surface area (Å²) in [6.07, 6.45) is 3.13. The lowest BCUT2D eigenvalue weighted by Gasteiger charge is -2.25. The number of sulfonamides is 1. The summed E-state index contributed by atoms with van der Waals surface area (Å²) >= 11 is 0. The molecule has 2 rings (SSSR count). The molecule has 6 heteroatoms. The molecular weight excluding hydrogens is 288 g/mol. The number of aliphatic hydroxyl groups excluding tert-OH is 1. The van der Waals surface area contributed by atoms with E-state index in [0.29, 0.717) is 30.1 Å². The number of nitrogens with one attached hydrogen (secondary N) is 1. The van der Waals surface area contributed by atoms with Crippen LogP contribution >= 0.6 is 0 Å². The minimum absolute atomic E-state index is 0.0110. The molecule has 0 aromatic heterocycles. The molecule has 1 saturated heterocycles. The van der Waals surface area contributed by atoms with E-state index in [1.807, 2.05) is 13.0 Å². The van der Waals surface area contributed by atoms with Crippen LogP contribution in [0.2, 0.25) is 0 Å². The minimum atomic E-state index is -3.48. The molecule has 5 nitrogen and oxygen atoms in total. The van der Waals surface area contributed by atoms with Crippen LogP contribution in [0.5, 0.6) is 0 Å². The number of anilines is 1. The van der Waals surface area contributed by atoms with Gasteiger partial charge in [0.05, 0.1) is 5.69 Å². The average Bonchev–Trinajstić information content (AvgIpc) is 2.95. The fourth-order valence-electron chi connectivity index (χ4n) is 2.90. The quantitative estimate of drug-likeness (QED) is 0.808. The summed E-state index contributed by atoms with van der Waals surface area (Å²) in [5, 5.41) is 12.1. The Morgan fingerprint density at radius 3 is 2.86 bits per heavy atom. The van der Waals surface area contributed by atoms with Crippen molar-refractivity contribution in [1.82, 2.24) is 4.31 Å². The van der Waals surface area contributed by atoms with Gasteiger partial charge in [-0.1, -0.05) is 12.1 Å². The average molecular weight is 312 g/mol. The first-order valence-corrected chi connectivity index (χ1v) is 9.01. The zero-order valence-electron chi connectivity index (χ0n) is 12.5. The topological polar surface area (TPSA) is 69.6 Å². The van der Waals surface area contributed by atoms with Crippen LogP contribution in [0.3, 0.4) is 0 Å². The molecule has 21 heavy (non-hydrogen) atoms. The Bertz CT molecular complexity index is 560. The maximum absolute atomic E-state index is 12.9. The van der Waals surface area contributed by atoms with Crippen LogP contribution in [0.1, 0.15) is 32.6 Å². The lowest BCUT2D eigenvalue weighted by Crippen LogP contribution is -2.36. The van der Waals surface area contributed by atoms with E-state index in [1.54, 1.807) is 22.5 Å². The molecule has 1 aliphatic rings. The zero-order valence-corrected chi connectivity index (χ0v) is 13.3. The van der Waals surface area contributed by atoms with Crippen molar-refractivity contribution in [3.63, 3.8) is 0 Å². The summed E-state index contributed by atoms with van der Waals surface area (Å²) in [7, 11) is -3.48. The first-order valence-electron chi connectivity index (χ1n) is 7.57. The monoisotopic (exact) mass is 312 g/mol. The van der Waals surface area contributed by atoms with Gasteiger partial charge in [-0.05, 0) is 44.7 Å². The van der Waals surface area contributed by atoms with Crippen molar-refractivity contribution < 1.29 is 13.5 Å². The van der Waals surface area contributed by atoms with Gasteiger partial charge in [-0.3, -0.25) is 0 Å². The van der Waals surface area contributed by atoms with Crippen LogP contribution in [0.4, 0.5) is 5.69 Å². The van der Waals surface area contributed by atoms with Gasteiger partial charge in [-0.15, -0.1) is 0 Å². The molecule has 2 N–H and O–H groups in total. The lowest BCUT2D eigenvalue weighted by atomic mass is 10.1. The highest BCUT2D eigenvalue weighted by Crippen LogP contribution is 2.31. The highest BCUT2D eigenvalue weighted by atomic mass is 32.2. The first kappa shape index (κ1) is 16.3. The largest absolute Gasteiger partial charge is 0.396 e. The fourth-order valence-corrected chi connectivity index (χ4v) is 4.79. The second-order valence-corrected chi connectivity index (χ2v) is 7.16. The highest BCUT2D eigenvalue weighted by molar-refractivity contribution is 7.89. The maximum Gasteiger partial charge on any atom is 0.245 e. The van der Waals surface area contributed by atoms with Gasteiger partial charge < -0.3 is 10.4 Å². The van der Waals surface area contributed by atoms with E-state index < -0.39 is 10.0 Å². The Hall–Kier alpha value is -1.11. The van der Waals surface area contributed by atoms with Crippen LogP contribution in [-0.2, 0) is 10.0 Å². The molecule has 0 bridgehead atoms. The predicted octanol–water partition coefficient (Wildman–Crippen LogP) is 2.04. The van der Waals surface area contributed by atoms with Crippen molar-refractivity contribution in [3.05, 3.63) is 24.3 Å². The van der Waals surface area contributed by atoms with Crippen LogP contribution in [0.15, 0.2) is 29.2 Å². The third-order valence-corrected chi connectivity index (χ3v) is 5.87. The van der Waals surface area contributed by atoms with Gasteiger partial charge in [0.2, 0.25) is 10.0 Å². The number of hydrogen-bond donors (Lipinski definition) is 2. The van der Waals surface area contributed by atoms with Crippen LogP contribution < -0.4 is 5.32 Å². The number of aliphatic hydroxyl groups is 1. The number of nitrogens with zero attached hydrogens (tertiary/aromatic N) is 1. The van der Waals surface area contributed by atoms with E-state index in [2.05, 4.69) is 5.32 Å². The molecule has 0 amide bonds. The second kappa shape index (κ2) is 7.24. The highest BCUT2D eigenvalue weighted by Gasteiger charge is 2.35. The Morgan fingerprint density at radius 2 is 2.14 bits per heavy atom. The smallest absolute Gasteiger partial charge is 0.245 e.